The summed E-state index contributed by atoms with van der Waals surface area (Å²) in [5, 5.41) is 0. The molecule has 0 fully saturated rings. The highest BCUT2D eigenvalue weighted by Crippen LogP contribution is 2.21. The zero-order valence-corrected chi connectivity index (χ0v) is 9.70. The number of nitrogens with two attached hydrogens (primary N) is 1. The summed E-state index contributed by atoms with van der Waals surface area (Å²) < 4.78 is 31.6. The van der Waals surface area contributed by atoms with Crippen LogP contribution in [0.5, 0.6) is 5.75 Å². The first-order valence-electron chi connectivity index (χ1n) is 5.58. The largest absolute Gasteiger partial charge is 0.487 e. The summed E-state index contributed by atoms with van der Waals surface area (Å²) in [6, 6.07) is 10.9. The van der Waals surface area contributed by atoms with Crippen molar-refractivity contribution in [1.82, 2.24) is 0 Å². The molecule has 0 bridgehead atoms. The molecule has 2 aromatic carbocycles. The van der Waals surface area contributed by atoms with E-state index in [0.29, 0.717) is 12.1 Å². The number of nitrogen functional groups attached to an aromatic ring is 1. The summed E-state index contributed by atoms with van der Waals surface area (Å²) in [4.78, 5) is 0. The first kappa shape index (κ1) is 12.4. The first-order valence-corrected chi connectivity index (χ1v) is 5.58. The van der Waals surface area contributed by atoms with E-state index >= 15 is 0 Å². The molecular formula is C14H13F2NO. The van der Waals surface area contributed by atoms with Crippen LogP contribution in [0.3, 0.4) is 0 Å². The quantitative estimate of drug-likeness (QED) is 0.845. The van der Waals surface area contributed by atoms with Gasteiger partial charge in [-0.2, -0.15) is 0 Å². The average molecular weight is 249 g/mol. The molecule has 0 aliphatic heterocycles. The number of para-hydroxylation sites is 1. The van der Waals surface area contributed by atoms with Crippen molar-refractivity contribution in [3.05, 3.63) is 59.7 Å². The van der Waals surface area contributed by atoms with Gasteiger partial charge in [0.05, 0.1) is 6.61 Å². The Morgan fingerprint density at radius 2 is 1.56 bits per heavy atom. The molecule has 94 valence electrons. The van der Waals surface area contributed by atoms with E-state index in [1.165, 1.54) is 18.2 Å². The highest BCUT2D eigenvalue weighted by Gasteiger charge is 2.09. The maximum Gasteiger partial charge on any atom is 0.190 e. The van der Waals surface area contributed by atoms with Crippen molar-refractivity contribution in [2.45, 2.75) is 6.42 Å². The Morgan fingerprint density at radius 1 is 0.944 bits per heavy atom. The van der Waals surface area contributed by atoms with Crippen LogP contribution in [-0.4, -0.2) is 6.61 Å². The summed E-state index contributed by atoms with van der Waals surface area (Å²) in [5.41, 5.74) is 7.24. The number of anilines is 1. The Bertz CT molecular complexity index is 506. The third-order valence-electron chi connectivity index (χ3n) is 2.54. The predicted octanol–water partition coefficient (Wildman–Crippen LogP) is 3.17. The monoisotopic (exact) mass is 249 g/mol. The minimum absolute atomic E-state index is 0.210. The third-order valence-corrected chi connectivity index (χ3v) is 2.54. The van der Waals surface area contributed by atoms with Crippen LogP contribution in [0.25, 0.3) is 0 Å². The first-order chi connectivity index (χ1) is 8.66. The minimum atomic E-state index is -0.688. The van der Waals surface area contributed by atoms with Crippen molar-refractivity contribution in [3.8, 4) is 5.75 Å². The second kappa shape index (κ2) is 5.49. The van der Waals surface area contributed by atoms with E-state index in [2.05, 4.69) is 0 Å². The fourth-order valence-electron chi connectivity index (χ4n) is 1.58. The van der Waals surface area contributed by atoms with Crippen molar-refractivity contribution in [3.63, 3.8) is 0 Å². The van der Waals surface area contributed by atoms with Gasteiger partial charge in [0.2, 0.25) is 0 Å². The number of hydrogen-bond donors (Lipinski definition) is 1. The van der Waals surface area contributed by atoms with Gasteiger partial charge in [-0.1, -0.05) is 18.2 Å². The molecule has 0 heterocycles. The molecule has 0 spiro atoms. The van der Waals surface area contributed by atoms with Crippen molar-refractivity contribution >= 4 is 5.69 Å². The lowest BCUT2D eigenvalue weighted by atomic mass is 10.1. The Kier molecular flexibility index (Phi) is 3.77. The van der Waals surface area contributed by atoms with Gasteiger partial charge in [-0.15, -0.1) is 0 Å². The smallest absolute Gasteiger partial charge is 0.190 e. The molecule has 0 aliphatic carbocycles. The number of ether oxygens (including phenoxy) is 1. The number of rotatable bonds is 4. The van der Waals surface area contributed by atoms with Gasteiger partial charge in [0.15, 0.2) is 17.4 Å². The molecular weight excluding hydrogens is 236 g/mol. The van der Waals surface area contributed by atoms with Gasteiger partial charge in [-0.25, -0.2) is 8.78 Å². The van der Waals surface area contributed by atoms with E-state index in [4.69, 9.17) is 10.5 Å². The standard InChI is InChI=1S/C14H13F2NO/c15-12-2-1-3-13(16)14(12)18-9-8-10-4-6-11(17)7-5-10/h1-7H,8-9,17H2. The molecule has 0 atom stereocenters. The molecule has 4 heteroatoms. The summed E-state index contributed by atoms with van der Waals surface area (Å²) >= 11 is 0. The molecule has 0 unspecified atom stereocenters. The molecule has 0 saturated carbocycles. The Labute approximate surface area is 104 Å². The lowest BCUT2D eigenvalue weighted by molar-refractivity contribution is 0.288. The van der Waals surface area contributed by atoms with Crippen molar-refractivity contribution in [2.75, 3.05) is 12.3 Å². The van der Waals surface area contributed by atoms with Gasteiger partial charge in [0.25, 0.3) is 0 Å². The molecule has 0 radical (unpaired) electrons. The van der Waals surface area contributed by atoms with E-state index in [0.717, 1.165) is 5.56 Å². The highest BCUT2D eigenvalue weighted by atomic mass is 19.1. The van der Waals surface area contributed by atoms with E-state index in [1.807, 2.05) is 12.1 Å². The Hall–Kier alpha value is -2.10. The van der Waals surface area contributed by atoms with Crippen LogP contribution >= 0.6 is 0 Å². The Balaban J connectivity index is 1.94. The molecule has 2 rings (SSSR count). The second-order valence-corrected chi connectivity index (χ2v) is 3.89. The van der Waals surface area contributed by atoms with Crippen LogP contribution < -0.4 is 10.5 Å². The van der Waals surface area contributed by atoms with Gasteiger partial charge < -0.3 is 10.5 Å². The van der Waals surface area contributed by atoms with Crippen LogP contribution in [0, 0.1) is 11.6 Å². The van der Waals surface area contributed by atoms with Crippen molar-refractivity contribution in [1.29, 1.82) is 0 Å². The van der Waals surface area contributed by atoms with E-state index in [9.17, 15) is 8.78 Å². The lowest BCUT2D eigenvalue weighted by Crippen LogP contribution is -2.04. The summed E-state index contributed by atoms with van der Waals surface area (Å²) in [6.07, 6.45) is 0.564. The molecule has 0 aromatic heterocycles. The third kappa shape index (κ3) is 2.97. The highest BCUT2D eigenvalue weighted by molar-refractivity contribution is 5.39. The van der Waals surface area contributed by atoms with Crippen LogP contribution in [0.4, 0.5) is 14.5 Å². The van der Waals surface area contributed by atoms with Gasteiger partial charge in [0, 0.05) is 12.1 Å². The van der Waals surface area contributed by atoms with Gasteiger partial charge in [-0.3, -0.25) is 0 Å². The van der Waals surface area contributed by atoms with Crippen molar-refractivity contribution in [2.24, 2.45) is 0 Å². The number of hydrogen-bond acceptors (Lipinski definition) is 2. The maximum absolute atomic E-state index is 13.2. The molecule has 2 aromatic rings. The molecule has 18 heavy (non-hydrogen) atoms. The number of benzene rings is 2. The van der Waals surface area contributed by atoms with Gasteiger partial charge in [0.1, 0.15) is 0 Å². The lowest BCUT2D eigenvalue weighted by Gasteiger charge is -2.08. The van der Waals surface area contributed by atoms with E-state index < -0.39 is 11.6 Å². The predicted molar refractivity (Wildman–Crippen MR) is 66.4 cm³/mol. The SMILES string of the molecule is Nc1ccc(CCOc2c(F)cccc2F)cc1. The molecule has 2 nitrogen and oxygen atoms in total. The Morgan fingerprint density at radius 3 is 2.17 bits per heavy atom. The average Bonchev–Trinajstić information content (AvgIpc) is 2.35. The maximum atomic E-state index is 13.2. The molecule has 0 saturated heterocycles. The molecule has 0 aliphatic rings. The normalized spacial score (nSPS) is 10.3. The topological polar surface area (TPSA) is 35.2 Å². The van der Waals surface area contributed by atoms with E-state index in [-0.39, 0.29) is 12.4 Å². The minimum Gasteiger partial charge on any atom is -0.487 e. The van der Waals surface area contributed by atoms with Gasteiger partial charge >= 0.3 is 0 Å². The fraction of sp³-hybridized carbons (Fsp3) is 0.143. The summed E-state index contributed by atoms with van der Waals surface area (Å²) in [7, 11) is 0. The fourth-order valence-corrected chi connectivity index (χ4v) is 1.58. The zero-order valence-electron chi connectivity index (χ0n) is 9.70. The summed E-state index contributed by atoms with van der Waals surface area (Å²) in [6.45, 7) is 0.210. The van der Waals surface area contributed by atoms with Crippen LogP contribution in [0.15, 0.2) is 42.5 Å². The second-order valence-electron chi connectivity index (χ2n) is 3.89. The molecule has 0 amide bonds. The van der Waals surface area contributed by atoms with Crippen molar-refractivity contribution < 1.29 is 13.5 Å². The summed E-state index contributed by atoms with van der Waals surface area (Å²) in [5.74, 6) is -1.70. The molecule has 2 N–H and O–H groups in total. The van der Waals surface area contributed by atoms with Crippen LogP contribution in [0.1, 0.15) is 5.56 Å². The van der Waals surface area contributed by atoms with Crippen LogP contribution in [0.2, 0.25) is 0 Å². The van der Waals surface area contributed by atoms with Gasteiger partial charge in [-0.05, 0) is 29.8 Å². The zero-order chi connectivity index (χ0) is 13.0. The van der Waals surface area contributed by atoms with Crippen LogP contribution in [-0.2, 0) is 6.42 Å². The van der Waals surface area contributed by atoms with E-state index in [1.54, 1.807) is 12.1 Å². The number of halogens is 2.